The van der Waals surface area contributed by atoms with Gasteiger partial charge in [-0.1, -0.05) is 25.0 Å². The second-order valence-corrected chi connectivity index (χ2v) is 9.69. The molecule has 2 aromatic rings. The number of aromatic nitrogens is 2. The van der Waals surface area contributed by atoms with Crippen LogP contribution in [0.2, 0.25) is 0 Å². The molecule has 2 heterocycles. The number of carboxylic acids is 2. The number of methoxy groups -OCH3 is 2. The topological polar surface area (TPSA) is 114 Å². The van der Waals surface area contributed by atoms with Crippen molar-refractivity contribution in [2.75, 3.05) is 27.4 Å². The summed E-state index contributed by atoms with van der Waals surface area (Å²) < 4.78 is 76.5. The molecule has 1 saturated carbocycles. The summed E-state index contributed by atoms with van der Waals surface area (Å²) >= 11 is 0. The van der Waals surface area contributed by atoms with E-state index < -0.39 is 24.3 Å². The first-order chi connectivity index (χ1) is 19.1. The number of aliphatic carboxylic acids is 2. The largest absolute Gasteiger partial charge is 0.497 e. The van der Waals surface area contributed by atoms with Gasteiger partial charge in [-0.2, -0.15) is 31.4 Å². The van der Waals surface area contributed by atoms with E-state index in [1.807, 2.05) is 12.1 Å². The van der Waals surface area contributed by atoms with E-state index in [1.54, 1.807) is 14.2 Å². The zero-order valence-corrected chi connectivity index (χ0v) is 22.5. The summed E-state index contributed by atoms with van der Waals surface area (Å²) in [6.45, 7) is 4.70. The van der Waals surface area contributed by atoms with Gasteiger partial charge < -0.3 is 19.7 Å². The van der Waals surface area contributed by atoms with Crippen molar-refractivity contribution in [3.05, 3.63) is 47.3 Å². The lowest BCUT2D eigenvalue weighted by Crippen LogP contribution is -2.34. The third-order valence-corrected chi connectivity index (χ3v) is 6.47. The Hall–Kier alpha value is -3.33. The molecule has 15 heteroatoms. The van der Waals surface area contributed by atoms with Crippen molar-refractivity contribution in [2.45, 2.75) is 63.6 Å². The summed E-state index contributed by atoms with van der Waals surface area (Å²) in [7, 11) is 3.50. The maximum Gasteiger partial charge on any atom is 0.490 e. The van der Waals surface area contributed by atoms with Gasteiger partial charge in [0.15, 0.2) is 0 Å². The minimum absolute atomic E-state index is 0.349. The highest BCUT2D eigenvalue weighted by molar-refractivity contribution is 5.73. The van der Waals surface area contributed by atoms with Crippen molar-refractivity contribution in [2.24, 2.45) is 5.92 Å². The molecule has 0 bridgehead atoms. The second kappa shape index (κ2) is 15.1. The quantitative estimate of drug-likeness (QED) is 0.425. The number of carbonyl (C=O) groups is 2. The number of rotatable bonds is 7. The molecule has 1 aromatic heterocycles. The van der Waals surface area contributed by atoms with Crippen LogP contribution in [-0.2, 0) is 34.0 Å². The maximum atomic E-state index is 10.6. The standard InChI is InChI=1S/C22H31N3O2.2C2HF3O2/c1-26-16-20-14-24(11-18-7-9-21(27-2)10-8-18)13-19-15-25(23-22(19)20)12-17-5-3-4-6-17;2*3-2(4,5)1(6)7/h7-10,15,17,20H,3-6,11-14,16H2,1-2H3;2*(H,6,7). The fourth-order valence-corrected chi connectivity index (χ4v) is 4.64. The molecule has 0 radical (unpaired) electrons. The second-order valence-electron chi connectivity index (χ2n) is 9.69. The molecule has 1 unspecified atom stereocenters. The molecule has 0 saturated heterocycles. The Morgan fingerprint density at radius 3 is 1.98 bits per heavy atom. The van der Waals surface area contributed by atoms with Crippen LogP contribution in [0.4, 0.5) is 26.3 Å². The van der Waals surface area contributed by atoms with Gasteiger partial charge in [-0.3, -0.25) is 9.58 Å². The molecule has 1 aliphatic carbocycles. The van der Waals surface area contributed by atoms with Crippen molar-refractivity contribution in [3.63, 3.8) is 0 Å². The van der Waals surface area contributed by atoms with E-state index in [0.29, 0.717) is 5.92 Å². The third kappa shape index (κ3) is 11.2. The van der Waals surface area contributed by atoms with Crippen LogP contribution in [0.25, 0.3) is 0 Å². The first-order valence-electron chi connectivity index (χ1n) is 12.6. The Morgan fingerprint density at radius 2 is 1.51 bits per heavy atom. The Kier molecular flexibility index (Phi) is 12.4. The van der Waals surface area contributed by atoms with Gasteiger partial charge in [-0.05, 0) is 36.5 Å². The number of hydrogen-bond donors (Lipinski definition) is 2. The summed E-state index contributed by atoms with van der Waals surface area (Å²) in [6, 6.07) is 8.39. The van der Waals surface area contributed by atoms with Crippen LogP contribution in [-0.4, -0.2) is 76.6 Å². The van der Waals surface area contributed by atoms with E-state index in [0.717, 1.165) is 44.5 Å². The molecule has 0 spiro atoms. The molecular weight excluding hydrogens is 564 g/mol. The molecule has 2 N–H and O–H groups in total. The van der Waals surface area contributed by atoms with Crippen LogP contribution < -0.4 is 4.74 Å². The molecule has 1 atom stereocenters. The highest BCUT2D eigenvalue weighted by atomic mass is 19.4. The van der Waals surface area contributed by atoms with Gasteiger partial charge in [-0.25, -0.2) is 9.59 Å². The van der Waals surface area contributed by atoms with Gasteiger partial charge in [0, 0.05) is 51.0 Å². The normalized spacial score (nSPS) is 17.5. The molecular formula is C26H33F6N3O6. The maximum absolute atomic E-state index is 10.6. The lowest BCUT2D eigenvalue weighted by atomic mass is 9.97. The molecule has 230 valence electrons. The van der Waals surface area contributed by atoms with E-state index in [9.17, 15) is 26.3 Å². The minimum atomic E-state index is -5.08. The van der Waals surface area contributed by atoms with Crippen LogP contribution in [0.5, 0.6) is 5.75 Å². The fourth-order valence-electron chi connectivity index (χ4n) is 4.64. The Bertz CT molecular complexity index is 1090. The third-order valence-electron chi connectivity index (χ3n) is 6.47. The van der Waals surface area contributed by atoms with E-state index in [1.165, 1.54) is 42.5 Å². The van der Waals surface area contributed by atoms with Crippen LogP contribution in [0, 0.1) is 5.92 Å². The number of ether oxygens (including phenoxy) is 2. The summed E-state index contributed by atoms with van der Waals surface area (Å²) in [6.07, 6.45) is -2.40. The number of hydrogen-bond acceptors (Lipinski definition) is 6. The van der Waals surface area contributed by atoms with Crippen LogP contribution in [0.1, 0.15) is 48.4 Å². The van der Waals surface area contributed by atoms with Crippen molar-refractivity contribution in [3.8, 4) is 5.75 Å². The van der Waals surface area contributed by atoms with Gasteiger partial charge in [-0.15, -0.1) is 0 Å². The van der Waals surface area contributed by atoms with Crippen molar-refractivity contribution < 1.29 is 55.6 Å². The van der Waals surface area contributed by atoms with Crippen molar-refractivity contribution in [1.29, 1.82) is 0 Å². The van der Waals surface area contributed by atoms with E-state index in [-0.39, 0.29) is 0 Å². The van der Waals surface area contributed by atoms with Crippen LogP contribution in [0.3, 0.4) is 0 Å². The number of alkyl halides is 6. The van der Waals surface area contributed by atoms with E-state index >= 15 is 0 Å². The minimum Gasteiger partial charge on any atom is -0.497 e. The molecule has 41 heavy (non-hydrogen) atoms. The van der Waals surface area contributed by atoms with Gasteiger partial charge in [0.25, 0.3) is 0 Å². The molecule has 2 aliphatic rings. The number of halogens is 6. The van der Waals surface area contributed by atoms with Crippen LogP contribution in [0.15, 0.2) is 30.5 Å². The summed E-state index contributed by atoms with van der Waals surface area (Å²) in [5, 5.41) is 19.2. The molecule has 4 rings (SSSR count). The van der Waals surface area contributed by atoms with Gasteiger partial charge >= 0.3 is 24.3 Å². The van der Waals surface area contributed by atoms with Gasteiger partial charge in [0.2, 0.25) is 0 Å². The lowest BCUT2D eigenvalue weighted by molar-refractivity contribution is -0.193. The average Bonchev–Trinajstić information content (AvgIpc) is 3.54. The Labute approximate surface area is 232 Å². The highest BCUT2D eigenvalue weighted by Crippen LogP contribution is 2.31. The summed E-state index contributed by atoms with van der Waals surface area (Å²) in [5.41, 5.74) is 3.93. The molecule has 1 fully saturated rings. The number of nitrogens with zero attached hydrogens (tertiary/aromatic N) is 3. The number of carboxylic acid groups (broad SMARTS) is 2. The average molecular weight is 598 g/mol. The fraction of sp³-hybridized carbons (Fsp3) is 0.577. The summed E-state index contributed by atoms with van der Waals surface area (Å²) in [5.74, 6) is -3.45. The van der Waals surface area contributed by atoms with E-state index in [2.05, 4.69) is 27.9 Å². The first kappa shape index (κ1) is 33.9. The molecule has 0 amide bonds. The van der Waals surface area contributed by atoms with E-state index in [4.69, 9.17) is 34.4 Å². The van der Waals surface area contributed by atoms with Crippen molar-refractivity contribution >= 4 is 11.9 Å². The zero-order chi connectivity index (χ0) is 30.8. The predicted molar refractivity (Wildman–Crippen MR) is 133 cm³/mol. The first-order valence-corrected chi connectivity index (χ1v) is 12.6. The Balaban J connectivity index is 0.000000349. The van der Waals surface area contributed by atoms with Gasteiger partial charge in [0.1, 0.15) is 5.75 Å². The summed E-state index contributed by atoms with van der Waals surface area (Å²) in [4.78, 5) is 20.3. The predicted octanol–water partition coefficient (Wildman–Crippen LogP) is 5.09. The van der Waals surface area contributed by atoms with Crippen LogP contribution >= 0.6 is 0 Å². The molecule has 1 aromatic carbocycles. The SMILES string of the molecule is COCC1CN(Cc2ccc(OC)cc2)Cc2cn(CC3CCCC3)nc21.O=C(O)C(F)(F)F.O=C(O)C(F)(F)F. The highest BCUT2D eigenvalue weighted by Gasteiger charge is 2.39. The zero-order valence-electron chi connectivity index (χ0n) is 22.5. The number of benzene rings is 1. The smallest absolute Gasteiger partial charge is 0.490 e. The van der Waals surface area contributed by atoms with Crippen molar-refractivity contribution in [1.82, 2.24) is 14.7 Å². The van der Waals surface area contributed by atoms with Gasteiger partial charge in [0.05, 0.1) is 19.4 Å². The number of fused-ring (bicyclic) bond motifs is 1. The molecule has 9 nitrogen and oxygen atoms in total. The monoisotopic (exact) mass is 597 g/mol. The Morgan fingerprint density at radius 1 is 0.976 bits per heavy atom. The lowest BCUT2D eigenvalue weighted by Gasteiger charge is -2.31. The molecule has 1 aliphatic heterocycles.